The molecule has 2 heteroatoms. The Morgan fingerprint density at radius 3 is 2.67 bits per heavy atom. The fraction of sp³-hybridized carbons (Fsp3) is 0.700. The molecule has 66 valence electrons. The van der Waals surface area contributed by atoms with Gasteiger partial charge in [0.15, 0.2) is 0 Å². The van der Waals surface area contributed by atoms with Gasteiger partial charge in [-0.2, -0.15) is 5.26 Å². The van der Waals surface area contributed by atoms with E-state index in [1.165, 1.54) is 0 Å². The quantitative estimate of drug-likeness (QED) is 0.589. The van der Waals surface area contributed by atoms with Gasteiger partial charge in [0.25, 0.3) is 0 Å². The maximum Gasteiger partial charge on any atom is 0.0666 e. The first-order valence-corrected chi connectivity index (χ1v) is 4.18. The van der Waals surface area contributed by atoms with Gasteiger partial charge in [0.2, 0.25) is 0 Å². The second-order valence-electron chi connectivity index (χ2n) is 2.97. The van der Waals surface area contributed by atoms with Crippen LogP contribution in [0.15, 0.2) is 0 Å². The summed E-state index contributed by atoms with van der Waals surface area (Å²) in [5.74, 6) is 5.96. The van der Waals surface area contributed by atoms with Crippen molar-refractivity contribution in [1.82, 2.24) is 4.90 Å². The monoisotopic (exact) mass is 164 g/mol. The van der Waals surface area contributed by atoms with E-state index in [0.717, 1.165) is 19.5 Å². The Labute approximate surface area is 75.2 Å². The SMILES string of the molecule is CC#CCCN(C)CC(C)C#N. The normalized spacial score (nSPS) is 11.6. The molecule has 0 saturated heterocycles. The minimum absolute atomic E-state index is 0.115. The van der Waals surface area contributed by atoms with Gasteiger partial charge in [-0.1, -0.05) is 0 Å². The molecule has 0 N–H and O–H groups in total. The van der Waals surface area contributed by atoms with Crippen LogP contribution in [0.2, 0.25) is 0 Å². The highest BCUT2D eigenvalue weighted by Crippen LogP contribution is 1.95. The number of nitrogens with zero attached hydrogens (tertiary/aromatic N) is 2. The Hall–Kier alpha value is -0.990. The largest absolute Gasteiger partial charge is 0.304 e. The fourth-order valence-corrected chi connectivity index (χ4v) is 0.971. The predicted molar refractivity (Wildman–Crippen MR) is 50.3 cm³/mol. The van der Waals surface area contributed by atoms with Crippen LogP contribution < -0.4 is 0 Å². The molecular formula is C10H16N2. The fourth-order valence-electron chi connectivity index (χ4n) is 0.971. The standard InChI is InChI=1S/C10H16N2/c1-4-5-6-7-12(3)9-10(2)8-11/h10H,6-7,9H2,1-3H3. The van der Waals surface area contributed by atoms with Gasteiger partial charge in [-0.3, -0.25) is 0 Å². The molecule has 0 radical (unpaired) electrons. The van der Waals surface area contributed by atoms with Crippen molar-refractivity contribution in [2.24, 2.45) is 5.92 Å². The summed E-state index contributed by atoms with van der Waals surface area (Å²) in [6.07, 6.45) is 0.894. The number of nitriles is 1. The maximum atomic E-state index is 8.55. The number of hydrogen-bond donors (Lipinski definition) is 0. The lowest BCUT2D eigenvalue weighted by Crippen LogP contribution is -2.24. The van der Waals surface area contributed by atoms with Crippen molar-refractivity contribution in [3.05, 3.63) is 0 Å². The van der Waals surface area contributed by atoms with Crippen molar-refractivity contribution in [3.63, 3.8) is 0 Å². The molecule has 2 nitrogen and oxygen atoms in total. The van der Waals surface area contributed by atoms with Crippen molar-refractivity contribution < 1.29 is 0 Å². The lowest BCUT2D eigenvalue weighted by Gasteiger charge is -2.15. The Bertz CT molecular complexity index is 204. The third kappa shape index (κ3) is 5.77. The van der Waals surface area contributed by atoms with Crippen LogP contribution in [-0.4, -0.2) is 25.0 Å². The summed E-state index contributed by atoms with van der Waals surface area (Å²) in [6, 6.07) is 2.21. The van der Waals surface area contributed by atoms with E-state index >= 15 is 0 Å². The van der Waals surface area contributed by atoms with E-state index in [0.29, 0.717) is 0 Å². The minimum atomic E-state index is 0.115. The molecule has 0 heterocycles. The summed E-state index contributed by atoms with van der Waals surface area (Å²) in [6.45, 7) is 5.56. The van der Waals surface area contributed by atoms with Crippen LogP contribution in [0.5, 0.6) is 0 Å². The molecule has 0 aromatic carbocycles. The van der Waals surface area contributed by atoms with Gasteiger partial charge < -0.3 is 4.90 Å². The van der Waals surface area contributed by atoms with Gasteiger partial charge in [0.1, 0.15) is 0 Å². The van der Waals surface area contributed by atoms with Crippen LogP contribution in [0.1, 0.15) is 20.3 Å². The molecule has 0 aliphatic rings. The maximum absolute atomic E-state index is 8.55. The van der Waals surface area contributed by atoms with Crippen LogP contribution in [0.4, 0.5) is 0 Å². The zero-order chi connectivity index (χ0) is 9.40. The summed E-state index contributed by atoms with van der Waals surface area (Å²) in [5.41, 5.74) is 0. The molecule has 0 bridgehead atoms. The Balaban J connectivity index is 3.51. The van der Waals surface area contributed by atoms with Crippen molar-refractivity contribution >= 4 is 0 Å². The first-order valence-electron chi connectivity index (χ1n) is 4.18. The van der Waals surface area contributed by atoms with Crippen LogP contribution in [0.3, 0.4) is 0 Å². The Morgan fingerprint density at radius 1 is 1.50 bits per heavy atom. The van der Waals surface area contributed by atoms with E-state index in [1.54, 1.807) is 0 Å². The second-order valence-corrected chi connectivity index (χ2v) is 2.97. The molecule has 0 amide bonds. The van der Waals surface area contributed by atoms with Crippen LogP contribution in [0, 0.1) is 29.1 Å². The third-order valence-corrected chi connectivity index (χ3v) is 1.60. The molecule has 0 spiro atoms. The van der Waals surface area contributed by atoms with Gasteiger partial charge in [-0.25, -0.2) is 0 Å². The summed E-state index contributed by atoms with van der Waals surface area (Å²) < 4.78 is 0. The summed E-state index contributed by atoms with van der Waals surface area (Å²) >= 11 is 0. The number of rotatable bonds is 4. The highest BCUT2D eigenvalue weighted by atomic mass is 15.1. The average molecular weight is 164 g/mol. The van der Waals surface area contributed by atoms with E-state index in [9.17, 15) is 0 Å². The highest BCUT2D eigenvalue weighted by molar-refractivity contribution is 4.95. The number of hydrogen-bond acceptors (Lipinski definition) is 2. The van der Waals surface area contributed by atoms with Gasteiger partial charge in [0, 0.05) is 19.5 Å². The molecule has 0 aliphatic carbocycles. The molecule has 0 saturated carbocycles. The van der Waals surface area contributed by atoms with E-state index in [-0.39, 0.29) is 5.92 Å². The molecule has 0 fully saturated rings. The van der Waals surface area contributed by atoms with Gasteiger partial charge >= 0.3 is 0 Å². The zero-order valence-electron chi connectivity index (χ0n) is 8.09. The summed E-state index contributed by atoms with van der Waals surface area (Å²) in [4.78, 5) is 2.14. The van der Waals surface area contributed by atoms with Crippen LogP contribution in [-0.2, 0) is 0 Å². The van der Waals surface area contributed by atoms with E-state index in [1.807, 2.05) is 20.9 Å². The average Bonchev–Trinajstić information content (AvgIpc) is 2.05. The first kappa shape index (κ1) is 11.0. The third-order valence-electron chi connectivity index (χ3n) is 1.60. The van der Waals surface area contributed by atoms with Crippen LogP contribution >= 0.6 is 0 Å². The summed E-state index contributed by atoms with van der Waals surface area (Å²) in [7, 11) is 2.02. The molecular weight excluding hydrogens is 148 g/mol. The molecule has 0 aliphatic heterocycles. The molecule has 1 atom stereocenters. The Morgan fingerprint density at radius 2 is 2.17 bits per heavy atom. The molecule has 0 rings (SSSR count). The first-order chi connectivity index (χ1) is 5.70. The van der Waals surface area contributed by atoms with Gasteiger partial charge in [0.05, 0.1) is 12.0 Å². The lowest BCUT2D eigenvalue weighted by molar-refractivity contribution is 0.318. The predicted octanol–water partition coefficient (Wildman–Crippen LogP) is 1.49. The lowest BCUT2D eigenvalue weighted by atomic mass is 10.2. The summed E-state index contributed by atoms with van der Waals surface area (Å²) in [5, 5.41) is 8.55. The minimum Gasteiger partial charge on any atom is -0.304 e. The smallest absolute Gasteiger partial charge is 0.0666 e. The van der Waals surface area contributed by atoms with Crippen molar-refractivity contribution in [3.8, 4) is 17.9 Å². The highest BCUT2D eigenvalue weighted by Gasteiger charge is 2.02. The molecule has 12 heavy (non-hydrogen) atoms. The van der Waals surface area contributed by atoms with Crippen molar-refractivity contribution in [1.29, 1.82) is 5.26 Å². The van der Waals surface area contributed by atoms with E-state index in [2.05, 4.69) is 22.8 Å². The van der Waals surface area contributed by atoms with Crippen molar-refractivity contribution in [2.45, 2.75) is 20.3 Å². The van der Waals surface area contributed by atoms with Crippen molar-refractivity contribution in [2.75, 3.05) is 20.1 Å². The van der Waals surface area contributed by atoms with Crippen LogP contribution in [0.25, 0.3) is 0 Å². The van der Waals surface area contributed by atoms with E-state index < -0.39 is 0 Å². The molecule has 0 aromatic heterocycles. The Kier molecular flexibility index (Phi) is 6.15. The zero-order valence-corrected chi connectivity index (χ0v) is 8.09. The topological polar surface area (TPSA) is 27.0 Å². The second kappa shape index (κ2) is 6.70. The molecule has 1 unspecified atom stereocenters. The van der Waals surface area contributed by atoms with Gasteiger partial charge in [-0.15, -0.1) is 11.8 Å². The van der Waals surface area contributed by atoms with E-state index in [4.69, 9.17) is 5.26 Å². The molecule has 0 aromatic rings. The van der Waals surface area contributed by atoms with Gasteiger partial charge in [-0.05, 0) is 20.9 Å².